The Kier molecular flexibility index (Phi) is 8.39. The highest BCUT2D eigenvalue weighted by molar-refractivity contribution is 5.82. The first-order valence-electron chi connectivity index (χ1n) is 15.4. The number of fused-ring (bicyclic) bond motifs is 1. The van der Waals surface area contributed by atoms with Gasteiger partial charge in [-0.05, 0) is 75.1 Å². The molecule has 10 heteroatoms. The number of rotatable bonds is 7. The van der Waals surface area contributed by atoms with Crippen molar-refractivity contribution in [1.29, 1.82) is 0 Å². The number of piperidine rings is 2. The summed E-state index contributed by atoms with van der Waals surface area (Å²) in [6.45, 7) is 6.42. The summed E-state index contributed by atoms with van der Waals surface area (Å²) in [5.41, 5.74) is 11.1. The van der Waals surface area contributed by atoms with Gasteiger partial charge >= 0.3 is 0 Å². The van der Waals surface area contributed by atoms with E-state index >= 15 is 8.78 Å². The van der Waals surface area contributed by atoms with E-state index in [1.165, 1.54) is 0 Å². The molecule has 1 aromatic carbocycles. The Labute approximate surface area is 257 Å². The lowest BCUT2D eigenvalue weighted by molar-refractivity contribution is -0.0303. The second-order valence-electron chi connectivity index (χ2n) is 12.4. The van der Waals surface area contributed by atoms with Crippen LogP contribution >= 0.6 is 0 Å². The summed E-state index contributed by atoms with van der Waals surface area (Å²) in [7, 11) is 1.87. The normalized spacial score (nSPS) is 20.4. The van der Waals surface area contributed by atoms with E-state index < -0.39 is 18.5 Å². The smallest absolute Gasteiger partial charge is 0.280 e. The Hall–Kier alpha value is -3.89. The van der Waals surface area contributed by atoms with Crippen molar-refractivity contribution in [3.8, 4) is 0 Å². The van der Waals surface area contributed by atoms with Crippen molar-refractivity contribution in [3.63, 3.8) is 0 Å². The molecule has 6 rings (SSSR count). The molecule has 8 nitrogen and oxygen atoms in total. The van der Waals surface area contributed by atoms with Crippen molar-refractivity contribution in [2.24, 2.45) is 12.8 Å². The molecule has 1 unspecified atom stereocenters. The monoisotopic (exact) mass is 601 g/mol. The number of hydrogen-bond donors (Lipinski definition) is 1. The molecule has 0 amide bonds. The van der Waals surface area contributed by atoms with Crippen LogP contribution in [0.4, 0.5) is 20.3 Å². The third-order valence-corrected chi connectivity index (χ3v) is 9.21. The van der Waals surface area contributed by atoms with Gasteiger partial charge in [-0.3, -0.25) is 19.7 Å². The van der Waals surface area contributed by atoms with Gasteiger partial charge in [-0.15, -0.1) is 0 Å². The van der Waals surface area contributed by atoms with E-state index in [1.54, 1.807) is 4.90 Å². The van der Waals surface area contributed by atoms with E-state index in [0.717, 1.165) is 54.1 Å². The van der Waals surface area contributed by atoms with Crippen molar-refractivity contribution in [1.82, 2.24) is 19.4 Å². The molecule has 0 aliphatic carbocycles. The minimum Gasteiger partial charge on any atom is -0.369 e. The summed E-state index contributed by atoms with van der Waals surface area (Å²) in [6, 6.07) is 14.6. The molecule has 2 aliphatic heterocycles. The van der Waals surface area contributed by atoms with Crippen LogP contribution in [0.2, 0.25) is 0 Å². The first-order chi connectivity index (χ1) is 21.1. The second kappa shape index (κ2) is 12.2. The number of anilines is 2. The van der Waals surface area contributed by atoms with Gasteiger partial charge in [0.2, 0.25) is 0 Å². The third-order valence-electron chi connectivity index (χ3n) is 9.21. The molecule has 4 aromatic rings. The van der Waals surface area contributed by atoms with Crippen LogP contribution in [0.25, 0.3) is 10.9 Å². The van der Waals surface area contributed by atoms with Crippen LogP contribution in [0.5, 0.6) is 0 Å². The number of nitrogens with zero attached hydrogens (tertiary/aromatic N) is 6. The number of nitrogens with two attached hydrogens (primary N) is 1. The van der Waals surface area contributed by atoms with Crippen LogP contribution in [-0.2, 0) is 20.1 Å². The van der Waals surface area contributed by atoms with E-state index in [9.17, 15) is 4.79 Å². The third kappa shape index (κ3) is 6.05. The highest BCUT2D eigenvalue weighted by Gasteiger charge is 2.44. The topological polar surface area (TPSA) is 83.5 Å². The number of alkyl halides is 2. The predicted octanol–water partition coefficient (Wildman–Crippen LogP) is 4.79. The molecule has 232 valence electrons. The Morgan fingerprint density at radius 2 is 1.82 bits per heavy atom. The Morgan fingerprint density at radius 3 is 2.57 bits per heavy atom. The van der Waals surface area contributed by atoms with Gasteiger partial charge in [-0.1, -0.05) is 12.1 Å². The number of halogens is 2. The van der Waals surface area contributed by atoms with Gasteiger partial charge in [0, 0.05) is 68.8 Å². The fraction of sp³-hybridized carbons (Fsp3) is 0.441. The van der Waals surface area contributed by atoms with Crippen molar-refractivity contribution in [2.75, 3.05) is 36.0 Å². The van der Waals surface area contributed by atoms with E-state index in [1.807, 2.05) is 74.3 Å². The van der Waals surface area contributed by atoms with Crippen LogP contribution in [0.3, 0.4) is 0 Å². The van der Waals surface area contributed by atoms with E-state index in [4.69, 9.17) is 5.73 Å². The summed E-state index contributed by atoms with van der Waals surface area (Å²) in [4.78, 5) is 29.6. The summed E-state index contributed by atoms with van der Waals surface area (Å²) in [6.07, 6.45) is 5.83. The van der Waals surface area contributed by atoms with Crippen LogP contribution < -0.4 is 21.0 Å². The Balaban J connectivity index is 1.43. The number of para-hydroxylation sites is 1. The number of aryl methyl sites for hydroxylation is 3. The molecule has 3 aromatic heterocycles. The molecule has 2 aliphatic rings. The highest BCUT2D eigenvalue weighted by Crippen LogP contribution is 2.33. The van der Waals surface area contributed by atoms with E-state index in [-0.39, 0.29) is 17.9 Å². The van der Waals surface area contributed by atoms with Crippen molar-refractivity contribution < 1.29 is 8.78 Å². The van der Waals surface area contributed by atoms with Gasteiger partial charge < -0.3 is 20.1 Å². The summed E-state index contributed by atoms with van der Waals surface area (Å²) in [5.74, 6) is -2.51. The zero-order chi connectivity index (χ0) is 31.0. The average molecular weight is 602 g/mol. The zero-order valence-corrected chi connectivity index (χ0v) is 25.7. The van der Waals surface area contributed by atoms with Crippen LogP contribution in [0, 0.1) is 13.8 Å². The number of pyridine rings is 3. The maximum atomic E-state index is 15.0. The standard InChI is InChI=1S/C34H41F2N7O/c1-23-10-11-26(18-39-23)41-15-6-7-27(20-41)43(19-25-12-14-38-24(2)17-25)21-29-32(44)28-8-4-5-9-30(28)40(3)33(29)42-16-13-31(37)34(35,36)22-42/h4-5,8-12,14,17-18,27,31H,6-7,13,15-16,19-22,37H2,1-3H3/t27-,31?/m0/s1. The summed E-state index contributed by atoms with van der Waals surface area (Å²) in [5, 5.41) is 0.588. The largest absolute Gasteiger partial charge is 0.369 e. The van der Waals surface area contributed by atoms with Gasteiger partial charge in [0.15, 0.2) is 5.43 Å². The predicted molar refractivity (Wildman–Crippen MR) is 171 cm³/mol. The van der Waals surface area contributed by atoms with Crippen molar-refractivity contribution >= 4 is 22.4 Å². The number of hydrogen-bond acceptors (Lipinski definition) is 7. The molecule has 0 saturated carbocycles. The lowest BCUT2D eigenvalue weighted by Gasteiger charge is -2.42. The van der Waals surface area contributed by atoms with Gasteiger partial charge in [0.05, 0.1) is 35.6 Å². The van der Waals surface area contributed by atoms with Crippen molar-refractivity contribution in [2.45, 2.75) is 64.2 Å². The highest BCUT2D eigenvalue weighted by atomic mass is 19.3. The molecule has 2 atom stereocenters. The van der Waals surface area contributed by atoms with Gasteiger partial charge in [-0.2, -0.15) is 0 Å². The molecule has 44 heavy (non-hydrogen) atoms. The molecule has 0 bridgehead atoms. The molecule has 5 heterocycles. The van der Waals surface area contributed by atoms with E-state index in [0.29, 0.717) is 36.4 Å². The fourth-order valence-electron chi connectivity index (χ4n) is 6.81. The minimum absolute atomic E-state index is 0.113. The van der Waals surface area contributed by atoms with Crippen LogP contribution in [0.15, 0.2) is 65.7 Å². The molecule has 2 N–H and O–H groups in total. The zero-order valence-electron chi connectivity index (χ0n) is 25.7. The number of benzene rings is 1. The first-order valence-corrected chi connectivity index (χ1v) is 15.4. The van der Waals surface area contributed by atoms with Crippen LogP contribution in [0.1, 0.15) is 41.8 Å². The lowest BCUT2D eigenvalue weighted by Crippen LogP contribution is -2.56. The lowest BCUT2D eigenvalue weighted by atomic mass is 9.99. The molecule has 2 saturated heterocycles. The minimum atomic E-state index is -3.06. The van der Waals surface area contributed by atoms with E-state index in [2.05, 4.69) is 31.9 Å². The van der Waals surface area contributed by atoms with Crippen molar-refractivity contribution in [3.05, 3.63) is 93.7 Å². The Bertz CT molecular complexity index is 1690. The molecular formula is C34H41F2N7O. The SMILES string of the molecule is Cc1ccc(N2CCC[C@H](N(Cc3ccnc(C)c3)Cc3c(N4CCC(N)C(F)(F)C4)n(C)c4ccccc4c3=O)C2)cn1. The quantitative estimate of drug-likeness (QED) is 0.326. The van der Waals surface area contributed by atoms with Gasteiger partial charge in [0.25, 0.3) is 5.92 Å². The summed E-state index contributed by atoms with van der Waals surface area (Å²) < 4.78 is 32.0. The second-order valence-corrected chi connectivity index (χ2v) is 12.4. The molecule has 0 radical (unpaired) electrons. The average Bonchev–Trinajstić information content (AvgIpc) is 3.01. The Morgan fingerprint density at radius 1 is 1.00 bits per heavy atom. The van der Waals surface area contributed by atoms with Gasteiger partial charge in [-0.25, -0.2) is 8.78 Å². The molecule has 2 fully saturated rings. The molecule has 0 spiro atoms. The maximum Gasteiger partial charge on any atom is 0.280 e. The van der Waals surface area contributed by atoms with Gasteiger partial charge in [0.1, 0.15) is 5.82 Å². The maximum absolute atomic E-state index is 15.0. The first kappa shape index (κ1) is 30.1. The molecular weight excluding hydrogens is 560 g/mol. The fourth-order valence-corrected chi connectivity index (χ4v) is 6.81. The number of aromatic nitrogens is 3. The summed E-state index contributed by atoms with van der Waals surface area (Å²) >= 11 is 0. The van der Waals surface area contributed by atoms with Crippen LogP contribution in [-0.4, -0.2) is 63.6 Å².